The van der Waals surface area contributed by atoms with Gasteiger partial charge in [-0.15, -0.1) is 0 Å². The van der Waals surface area contributed by atoms with Crippen molar-refractivity contribution in [2.75, 3.05) is 66.5 Å². The predicted octanol–water partition coefficient (Wildman–Crippen LogP) is 13.3. The second-order valence-corrected chi connectivity index (χ2v) is 29.5. The van der Waals surface area contributed by atoms with Crippen molar-refractivity contribution in [2.24, 2.45) is 34.6 Å². The van der Waals surface area contributed by atoms with Crippen LogP contribution in [0.25, 0.3) is 0 Å². The Kier molecular flexibility index (Phi) is 28.6. The molecule has 2 saturated carbocycles. The smallest absolute Gasteiger partial charge is 0.369 e. The number of hydrogen-bond donors (Lipinski definition) is 6. The third-order valence-corrected chi connectivity index (χ3v) is 21.7. The average Bonchev–Trinajstić information content (AvgIpc) is 1.38. The van der Waals surface area contributed by atoms with E-state index in [1.54, 1.807) is 0 Å². The molecule has 7 rings (SSSR count). The van der Waals surface area contributed by atoms with Crippen LogP contribution in [0.5, 0.6) is 0 Å². The molecule has 11 atom stereocenters. The van der Waals surface area contributed by atoms with Crippen molar-refractivity contribution in [2.45, 2.75) is 264 Å². The first-order valence-corrected chi connectivity index (χ1v) is 35.7. The van der Waals surface area contributed by atoms with Crippen molar-refractivity contribution < 1.29 is 18.0 Å². The number of carbonyl (C=O) groups excluding carboxylic acids is 1. The number of rotatable bonds is 11. The van der Waals surface area contributed by atoms with E-state index in [0.717, 1.165) is 121 Å². The average molecular weight is 1260 g/mol. The molecule has 3 saturated heterocycles. The van der Waals surface area contributed by atoms with Gasteiger partial charge in [-0.3, -0.25) is 14.7 Å². The van der Waals surface area contributed by atoms with Crippen molar-refractivity contribution in [1.29, 1.82) is 0 Å². The lowest BCUT2D eigenvalue weighted by atomic mass is 9.74. The molecule has 504 valence electrons. The highest BCUT2D eigenvalue weighted by molar-refractivity contribution is 6.31. The molecular weight excluding hydrogens is 1140 g/mol. The number of carbonyl (C=O) groups is 1. The number of nitrogens with one attached hydrogen (secondary N) is 6. The van der Waals surface area contributed by atoms with Crippen LogP contribution in [0.3, 0.4) is 0 Å². The summed E-state index contributed by atoms with van der Waals surface area (Å²) < 4.78 is 41.0. The van der Waals surface area contributed by atoms with Gasteiger partial charge in [0.05, 0.1) is 23.0 Å². The standard InChI is InChI=1S/C72H122ClF3N12O/c1-14-52(6)66-45-81-65(42-50(2)3)54(8)80-46-67-68(70(89)86-38-21-16-22-39-86)57(11)88(67)69(51(4)5)55(9)83-71(32-19-20-33-71)49-78-36-35-77-34-31-60(29-27-59-28-30-63(64(73)44-59)72(74,75)76)79-37-41-84(12)47-62(43-58-24-17-15-18-25-58)85(13)48-61-26-23-40-87(61)56(10)53(7)82-66/h28,30-31,34,37,41,44,47-48,50-58,65-69,78-83H,14-27,29,32-33,35-36,38-40,42-43,45-46,49H2,1-13H3/t52-,53?,54?,55?,56-,57?,65-,66+,67?,68-,69-/m0/s1. The summed E-state index contributed by atoms with van der Waals surface area (Å²) in [5.74, 6) is 2.29. The Morgan fingerprint density at radius 1 is 0.831 bits per heavy atom. The second kappa shape index (κ2) is 35.0. The number of fused-ring (bicyclic) bond motifs is 2. The molecule has 6 N–H and O–H groups in total. The zero-order valence-electron chi connectivity index (χ0n) is 57.5. The van der Waals surface area contributed by atoms with Crippen LogP contribution in [-0.4, -0.2) is 163 Å². The van der Waals surface area contributed by atoms with Crippen LogP contribution in [-0.2, 0) is 17.4 Å². The number of amides is 1. The van der Waals surface area contributed by atoms with Crippen molar-refractivity contribution in [3.05, 3.63) is 82.3 Å². The number of alkyl halides is 3. The summed E-state index contributed by atoms with van der Waals surface area (Å²) in [5, 5.41) is 23.9. The summed E-state index contributed by atoms with van der Waals surface area (Å²) in [6.45, 7) is 32.7. The van der Waals surface area contributed by atoms with Crippen molar-refractivity contribution in [3.8, 4) is 0 Å². The van der Waals surface area contributed by atoms with Crippen molar-refractivity contribution in [1.82, 2.24) is 56.4 Å². The highest BCUT2D eigenvalue weighted by Crippen LogP contribution is 2.41. The van der Waals surface area contributed by atoms with E-state index in [4.69, 9.17) is 16.6 Å². The molecule has 6 aliphatic rings. The summed E-state index contributed by atoms with van der Waals surface area (Å²) in [4.78, 5) is 31.8. The van der Waals surface area contributed by atoms with E-state index in [1.807, 2.05) is 24.7 Å². The number of aryl methyl sites for hydroxylation is 1. The molecule has 1 aromatic rings. The quantitative estimate of drug-likeness (QED) is 0.127. The Morgan fingerprint density at radius 3 is 2.22 bits per heavy atom. The zero-order chi connectivity index (χ0) is 64.4. The van der Waals surface area contributed by atoms with Crippen LogP contribution in [0.15, 0.2) is 71.2 Å². The Morgan fingerprint density at radius 2 is 1.55 bits per heavy atom. The zero-order valence-corrected chi connectivity index (χ0v) is 58.2. The second-order valence-electron chi connectivity index (χ2n) is 29.1. The van der Waals surface area contributed by atoms with Gasteiger partial charge in [-0.25, -0.2) is 0 Å². The van der Waals surface area contributed by atoms with Crippen molar-refractivity contribution in [3.63, 3.8) is 0 Å². The van der Waals surface area contributed by atoms with Gasteiger partial charge in [0.1, 0.15) is 0 Å². The molecule has 0 aromatic heterocycles. The summed E-state index contributed by atoms with van der Waals surface area (Å²) in [6, 6.07) is 5.96. The number of likely N-dealkylation sites (tertiary alicyclic amines) is 1. The molecule has 0 radical (unpaired) electrons. The number of aliphatic imine (C=N–C) groups is 1. The van der Waals surface area contributed by atoms with Crippen LogP contribution in [0.1, 0.15) is 203 Å². The van der Waals surface area contributed by atoms with Gasteiger partial charge in [0.15, 0.2) is 0 Å². The molecule has 17 heteroatoms. The molecule has 1 amide bonds. The minimum Gasteiger partial charge on any atom is -0.369 e. The van der Waals surface area contributed by atoms with E-state index in [-0.39, 0.29) is 70.9 Å². The fourth-order valence-corrected chi connectivity index (χ4v) is 16.2. The minimum absolute atomic E-state index is 0.0487. The molecule has 5 unspecified atom stereocenters. The summed E-state index contributed by atoms with van der Waals surface area (Å²) in [5.41, 5.74) is 3.43. The summed E-state index contributed by atoms with van der Waals surface area (Å²) >= 11 is 6.20. The number of hydrogen-bond acceptors (Lipinski definition) is 12. The molecular formula is C72H122ClF3N12O. The first-order chi connectivity index (χ1) is 42.5. The summed E-state index contributed by atoms with van der Waals surface area (Å²) in [6.07, 6.45) is 28.8. The summed E-state index contributed by atoms with van der Waals surface area (Å²) in [7, 11) is 4.32. The number of benzene rings is 1. The van der Waals surface area contributed by atoms with Gasteiger partial charge in [-0.1, -0.05) is 111 Å². The fourth-order valence-electron chi connectivity index (χ4n) is 15.9. The Balaban J connectivity index is 1.19. The number of allylic oxidation sites excluding steroid dienone is 4. The van der Waals surface area contributed by atoms with Gasteiger partial charge < -0.3 is 51.5 Å². The highest BCUT2D eigenvalue weighted by atomic mass is 35.5. The third-order valence-electron chi connectivity index (χ3n) is 21.4. The third kappa shape index (κ3) is 20.9. The molecule has 2 aliphatic carbocycles. The number of halogens is 4. The predicted molar refractivity (Wildman–Crippen MR) is 366 cm³/mol. The van der Waals surface area contributed by atoms with Gasteiger partial charge in [0.2, 0.25) is 5.91 Å². The van der Waals surface area contributed by atoms with Crippen LogP contribution >= 0.6 is 11.6 Å². The molecule has 13 nitrogen and oxygen atoms in total. The van der Waals surface area contributed by atoms with E-state index >= 15 is 0 Å². The van der Waals surface area contributed by atoms with Gasteiger partial charge in [0, 0.05) is 168 Å². The molecule has 1 aromatic carbocycles. The lowest BCUT2D eigenvalue weighted by Gasteiger charge is -2.60. The van der Waals surface area contributed by atoms with Crippen LogP contribution in [0.2, 0.25) is 5.02 Å². The molecule has 4 aliphatic heterocycles. The van der Waals surface area contributed by atoms with Crippen LogP contribution in [0.4, 0.5) is 13.2 Å². The number of nitrogens with zero attached hydrogens (tertiary/aromatic N) is 6. The maximum absolute atomic E-state index is 14.8. The minimum atomic E-state index is -4.51. The van der Waals surface area contributed by atoms with E-state index in [1.165, 1.54) is 74.9 Å². The Bertz CT molecular complexity index is 2460. The Hall–Kier alpha value is -3.64. The molecule has 0 bridgehead atoms. The number of piperidine rings is 1. The molecule has 5 fully saturated rings. The lowest BCUT2D eigenvalue weighted by Crippen LogP contribution is -2.76. The SMILES string of the molecule is CC[C@H](C)[C@H]1CN[C@@H](CC(C)C)C(C)NCC2[C@@H](C(=O)N3CCCCC3)C(C)N2[C@@H](C(C)C)C(C)NC2(CCCC2)CNCCN=CC=C(CCc2ccc(C(F)(F)F)c(Cl)c2)NC=CN(C)C=C(CC2CCCCC2)N(C)C=C2CCCN2[C@@H](C)C(C)N1. The van der Waals surface area contributed by atoms with Crippen LogP contribution < -0.4 is 31.9 Å². The normalized spacial score (nSPS) is 30.1. The highest BCUT2D eigenvalue weighted by Gasteiger charge is 2.55. The van der Waals surface area contributed by atoms with E-state index in [2.05, 4.69) is 159 Å². The van der Waals surface area contributed by atoms with Gasteiger partial charge in [0.25, 0.3) is 0 Å². The maximum atomic E-state index is 14.8. The molecule has 4 heterocycles. The molecule has 1 spiro atoms. The maximum Gasteiger partial charge on any atom is 0.417 e. The monoisotopic (exact) mass is 1260 g/mol. The lowest BCUT2D eigenvalue weighted by molar-refractivity contribution is -0.162. The molecule has 89 heavy (non-hydrogen) atoms. The largest absolute Gasteiger partial charge is 0.417 e. The Labute approximate surface area is 543 Å². The fraction of sp³-hybridized carbons (Fsp3) is 0.778. The van der Waals surface area contributed by atoms with Crippen molar-refractivity contribution >= 4 is 23.7 Å². The topological polar surface area (TPSA) is 118 Å². The van der Waals surface area contributed by atoms with E-state index in [0.29, 0.717) is 49.0 Å². The first-order valence-electron chi connectivity index (χ1n) is 35.4. The van der Waals surface area contributed by atoms with Crippen LogP contribution in [0, 0.1) is 29.6 Å². The van der Waals surface area contributed by atoms with E-state index < -0.39 is 11.7 Å². The van der Waals surface area contributed by atoms with Gasteiger partial charge >= 0.3 is 6.18 Å². The van der Waals surface area contributed by atoms with E-state index in [9.17, 15) is 18.0 Å². The van der Waals surface area contributed by atoms with Gasteiger partial charge in [-0.05, 0) is 153 Å². The van der Waals surface area contributed by atoms with Gasteiger partial charge in [-0.2, -0.15) is 13.2 Å². The first kappa shape index (κ1) is 72.8.